The van der Waals surface area contributed by atoms with Gasteiger partial charge in [-0.3, -0.25) is 19.3 Å². The number of hydrogen-bond acceptors (Lipinski definition) is 4. The molecule has 0 radical (unpaired) electrons. The Kier molecular flexibility index (Phi) is 4.37. The van der Waals surface area contributed by atoms with Crippen molar-refractivity contribution < 1.29 is 19.5 Å². The lowest BCUT2D eigenvalue weighted by molar-refractivity contribution is -0.142. The summed E-state index contributed by atoms with van der Waals surface area (Å²) in [6.07, 6.45) is 0.321. The molecule has 0 saturated carbocycles. The molecule has 1 atom stereocenters. The lowest BCUT2D eigenvalue weighted by Crippen LogP contribution is -2.44. The monoisotopic (exact) mass is 290 g/mol. The van der Waals surface area contributed by atoms with Crippen LogP contribution in [0.25, 0.3) is 0 Å². The van der Waals surface area contributed by atoms with Crippen molar-refractivity contribution in [3.63, 3.8) is 0 Å². The molecule has 6 heteroatoms. The molecule has 0 spiro atoms. The lowest BCUT2D eigenvalue weighted by Gasteiger charge is -2.24. The molecule has 1 fully saturated rings. The highest BCUT2D eigenvalue weighted by molar-refractivity contribution is 6.04. The van der Waals surface area contributed by atoms with Crippen molar-refractivity contribution in [2.24, 2.45) is 0 Å². The highest BCUT2D eigenvalue weighted by atomic mass is 16.3. The van der Waals surface area contributed by atoms with Crippen LogP contribution in [-0.2, 0) is 20.0 Å². The summed E-state index contributed by atoms with van der Waals surface area (Å²) in [5.41, 5.74) is -0.533. The number of benzene rings is 1. The Morgan fingerprint density at radius 3 is 2.38 bits per heavy atom. The third kappa shape index (κ3) is 3.66. The number of carbonyl (C=O) groups is 3. The number of nitrogens with zero attached hydrogens (tertiary/aromatic N) is 1. The number of carbonyl (C=O) groups excluding carboxylic acids is 3. The van der Waals surface area contributed by atoms with Gasteiger partial charge in [-0.15, -0.1) is 0 Å². The smallest absolute Gasteiger partial charge is 0.240 e. The number of rotatable bonds is 5. The highest BCUT2D eigenvalue weighted by Crippen LogP contribution is 2.19. The van der Waals surface area contributed by atoms with E-state index in [4.69, 9.17) is 0 Å². The van der Waals surface area contributed by atoms with E-state index in [2.05, 4.69) is 5.32 Å². The molecule has 112 valence electrons. The van der Waals surface area contributed by atoms with Gasteiger partial charge in [0.1, 0.15) is 12.1 Å². The molecule has 2 N–H and O–H groups in total. The van der Waals surface area contributed by atoms with E-state index in [1.807, 2.05) is 6.07 Å². The zero-order chi connectivity index (χ0) is 15.5. The molecule has 2 rings (SSSR count). The molecule has 1 aliphatic rings. The van der Waals surface area contributed by atoms with Crippen LogP contribution in [-0.4, -0.2) is 40.8 Å². The topological polar surface area (TPSA) is 86.7 Å². The molecule has 6 nitrogen and oxygen atoms in total. The van der Waals surface area contributed by atoms with Gasteiger partial charge in [0.2, 0.25) is 17.7 Å². The van der Waals surface area contributed by atoms with E-state index in [0.717, 1.165) is 4.90 Å². The molecule has 1 saturated heterocycles. The summed E-state index contributed by atoms with van der Waals surface area (Å²) in [7, 11) is 0. The molecule has 0 aromatic heterocycles. The number of amides is 3. The zero-order valence-electron chi connectivity index (χ0n) is 11.8. The number of nitrogens with one attached hydrogen (secondary N) is 1. The minimum Gasteiger partial charge on any atom is -0.384 e. The van der Waals surface area contributed by atoms with Gasteiger partial charge in [-0.25, -0.2) is 0 Å². The molecule has 1 unspecified atom stereocenters. The predicted molar refractivity (Wildman–Crippen MR) is 75.0 cm³/mol. The van der Waals surface area contributed by atoms with E-state index < -0.39 is 11.5 Å². The summed E-state index contributed by atoms with van der Waals surface area (Å²) >= 11 is 0. The van der Waals surface area contributed by atoms with Gasteiger partial charge < -0.3 is 10.4 Å². The van der Waals surface area contributed by atoms with Crippen LogP contribution < -0.4 is 5.32 Å². The van der Waals surface area contributed by atoms with Crippen LogP contribution in [0.5, 0.6) is 0 Å². The maximum absolute atomic E-state index is 11.8. The SMILES string of the molecule is CC(O)(CNC(=O)CN1C(=O)CCC1=O)c1ccccc1. The Balaban J connectivity index is 1.89. The fraction of sp³-hybridized carbons (Fsp3) is 0.400. The summed E-state index contributed by atoms with van der Waals surface area (Å²) < 4.78 is 0. The van der Waals surface area contributed by atoms with E-state index in [-0.39, 0.29) is 37.7 Å². The van der Waals surface area contributed by atoms with Crippen LogP contribution in [0.3, 0.4) is 0 Å². The third-order valence-corrected chi connectivity index (χ3v) is 3.48. The molecule has 1 aromatic carbocycles. The minimum atomic E-state index is -1.21. The summed E-state index contributed by atoms with van der Waals surface area (Å²) in [6.45, 7) is 1.31. The first-order valence-corrected chi connectivity index (χ1v) is 6.78. The average Bonchev–Trinajstić information content (AvgIpc) is 2.78. The van der Waals surface area contributed by atoms with Gasteiger partial charge in [0.25, 0.3) is 0 Å². The quantitative estimate of drug-likeness (QED) is 0.756. The summed E-state index contributed by atoms with van der Waals surface area (Å²) in [5.74, 6) is -1.12. The van der Waals surface area contributed by atoms with E-state index in [0.29, 0.717) is 5.56 Å². The predicted octanol–water partition coefficient (Wildman–Crippen LogP) is 0.159. The van der Waals surface area contributed by atoms with Gasteiger partial charge in [0.05, 0.1) is 6.54 Å². The van der Waals surface area contributed by atoms with Crippen molar-refractivity contribution in [2.45, 2.75) is 25.4 Å². The van der Waals surface area contributed by atoms with Gasteiger partial charge >= 0.3 is 0 Å². The second-order valence-electron chi connectivity index (χ2n) is 5.29. The highest BCUT2D eigenvalue weighted by Gasteiger charge is 2.31. The van der Waals surface area contributed by atoms with E-state index in [1.165, 1.54) is 0 Å². The Bertz CT molecular complexity index is 538. The fourth-order valence-electron chi connectivity index (χ4n) is 2.17. The first-order chi connectivity index (χ1) is 9.90. The fourth-order valence-corrected chi connectivity index (χ4v) is 2.17. The lowest BCUT2D eigenvalue weighted by atomic mass is 9.96. The molecule has 0 bridgehead atoms. The summed E-state index contributed by atoms with van der Waals surface area (Å²) in [5, 5.41) is 12.9. The van der Waals surface area contributed by atoms with Crippen LogP contribution in [0, 0.1) is 0 Å². The van der Waals surface area contributed by atoms with E-state index in [1.54, 1.807) is 31.2 Å². The second kappa shape index (κ2) is 6.05. The molecule has 3 amide bonds. The van der Waals surface area contributed by atoms with Crippen molar-refractivity contribution >= 4 is 17.7 Å². The molecule has 1 aliphatic heterocycles. The normalized spacial score (nSPS) is 17.7. The van der Waals surface area contributed by atoms with Crippen LogP contribution >= 0.6 is 0 Å². The second-order valence-corrected chi connectivity index (χ2v) is 5.29. The Morgan fingerprint density at radius 1 is 1.24 bits per heavy atom. The summed E-state index contributed by atoms with van der Waals surface area (Å²) in [6, 6.07) is 8.96. The third-order valence-electron chi connectivity index (χ3n) is 3.48. The standard InChI is InChI=1S/C15H18N2O4/c1-15(21,11-5-3-2-4-6-11)10-16-12(18)9-17-13(19)7-8-14(17)20/h2-6,21H,7-10H2,1H3,(H,16,18). The maximum atomic E-state index is 11.8. The first-order valence-electron chi connectivity index (χ1n) is 6.78. The maximum Gasteiger partial charge on any atom is 0.240 e. The Morgan fingerprint density at radius 2 is 1.81 bits per heavy atom. The van der Waals surface area contributed by atoms with Crippen molar-refractivity contribution in [2.75, 3.05) is 13.1 Å². The van der Waals surface area contributed by atoms with Gasteiger partial charge in [-0.05, 0) is 12.5 Å². The Hall–Kier alpha value is -2.21. The number of likely N-dealkylation sites (tertiary alicyclic amines) is 1. The van der Waals surface area contributed by atoms with Crippen LogP contribution in [0.4, 0.5) is 0 Å². The summed E-state index contributed by atoms with van der Waals surface area (Å²) in [4.78, 5) is 35.6. The van der Waals surface area contributed by atoms with Crippen molar-refractivity contribution in [3.05, 3.63) is 35.9 Å². The van der Waals surface area contributed by atoms with Crippen molar-refractivity contribution in [1.82, 2.24) is 10.2 Å². The largest absolute Gasteiger partial charge is 0.384 e. The average molecular weight is 290 g/mol. The zero-order valence-corrected chi connectivity index (χ0v) is 11.8. The van der Waals surface area contributed by atoms with Crippen LogP contribution in [0.1, 0.15) is 25.3 Å². The number of imide groups is 1. The van der Waals surface area contributed by atoms with Gasteiger partial charge in [0.15, 0.2) is 0 Å². The molecule has 1 aromatic rings. The molecule has 21 heavy (non-hydrogen) atoms. The van der Waals surface area contributed by atoms with Crippen LogP contribution in [0.15, 0.2) is 30.3 Å². The van der Waals surface area contributed by atoms with Gasteiger partial charge in [-0.1, -0.05) is 30.3 Å². The number of hydrogen-bond donors (Lipinski definition) is 2. The molecular weight excluding hydrogens is 272 g/mol. The molecular formula is C15H18N2O4. The van der Waals surface area contributed by atoms with Crippen molar-refractivity contribution in [1.29, 1.82) is 0 Å². The van der Waals surface area contributed by atoms with E-state index in [9.17, 15) is 19.5 Å². The van der Waals surface area contributed by atoms with Gasteiger partial charge in [-0.2, -0.15) is 0 Å². The van der Waals surface area contributed by atoms with Crippen molar-refractivity contribution in [3.8, 4) is 0 Å². The minimum absolute atomic E-state index is 0.00602. The Labute approximate surface area is 122 Å². The van der Waals surface area contributed by atoms with Crippen LogP contribution in [0.2, 0.25) is 0 Å². The molecule has 0 aliphatic carbocycles. The molecule has 1 heterocycles. The van der Waals surface area contributed by atoms with E-state index >= 15 is 0 Å². The van der Waals surface area contributed by atoms with Gasteiger partial charge in [0, 0.05) is 12.8 Å². The first kappa shape index (κ1) is 15.2. The number of aliphatic hydroxyl groups is 1.